The summed E-state index contributed by atoms with van der Waals surface area (Å²) in [6, 6.07) is 0. The predicted octanol–water partition coefficient (Wildman–Crippen LogP) is 1.45. The molecule has 2 aliphatic heterocycles. The van der Waals surface area contributed by atoms with Crippen LogP contribution in [0.4, 0.5) is 13.2 Å². The van der Waals surface area contributed by atoms with Crippen LogP contribution in [0, 0.1) is 5.92 Å². The van der Waals surface area contributed by atoms with E-state index in [1.165, 1.54) is 5.57 Å². The first-order chi connectivity index (χ1) is 12.7. The highest BCUT2D eigenvalue weighted by atomic mass is 32.2. The van der Waals surface area contributed by atoms with Gasteiger partial charge in [-0.25, -0.2) is 8.42 Å². The third kappa shape index (κ3) is 6.35. The predicted molar refractivity (Wildman–Crippen MR) is 96.8 cm³/mol. The zero-order valence-electron chi connectivity index (χ0n) is 15.4. The summed E-state index contributed by atoms with van der Waals surface area (Å²) < 4.78 is 66.4. The monoisotopic (exact) mass is 412 g/mol. The van der Waals surface area contributed by atoms with Gasteiger partial charge in [0.25, 0.3) is 0 Å². The van der Waals surface area contributed by atoms with Crippen molar-refractivity contribution < 1.29 is 26.3 Å². The Kier molecular flexibility index (Phi) is 7.92. The minimum Gasteiger partial charge on any atom is -0.377 e. The van der Waals surface area contributed by atoms with Crippen LogP contribution in [0.15, 0.2) is 16.6 Å². The molecule has 1 fully saturated rings. The normalized spacial score (nSPS) is 21.0. The van der Waals surface area contributed by atoms with E-state index in [0.717, 1.165) is 26.0 Å². The molecule has 2 rings (SSSR count). The lowest BCUT2D eigenvalue weighted by molar-refractivity contribution is -0.0496. The Bertz CT molecular complexity index is 642. The SMILES string of the molecule is CN=C(NCCC1=CCOCC1)NCC1CCN(S(=O)(=O)C(F)(F)F)CC1. The number of nitrogens with one attached hydrogen (secondary N) is 2. The van der Waals surface area contributed by atoms with Crippen molar-refractivity contribution in [2.24, 2.45) is 10.9 Å². The van der Waals surface area contributed by atoms with Crippen molar-refractivity contribution in [2.45, 2.75) is 31.2 Å². The topological polar surface area (TPSA) is 83.0 Å². The van der Waals surface area contributed by atoms with E-state index in [4.69, 9.17) is 4.74 Å². The second kappa shape index (κ2) is 9.74. The molecule has 0 unspecified atom stereocenters. The highest BCUT2D eigenvalue weighted by molar-refractivity contribution is 7.90. The molecule has 0 aromatic carbocycles. The Morgan fingerprint density at radius 2 is 2.04 bits per heavy atom. The summed E-state index contributed by atoms with van der Waals surface area (Å²) in [5.74, 6) is 0.731. The molecule has 0 atom stereocenters. The van der Waals surface area contributed by atoms with E-state index in [1.807, 2.05) is 0 Å². The Balaban J connectivity index is 1.69. The fourth-order valence-electron chi connectivity index (χ4n) is 3.10. The smallest absolute Gasteiger partial charge is 0.377 e. The van der Waals surface area contributed by atoms with Crippen LogP contribution in [-0.4, -0.2) is 70.6 Å². The van der Waals surface area contributed by atoms with Crippen molar-refractivity contribution in [3.05, 3.63) is 11.6 Å². The van der Waals surface area contributed by atoms with Crippen LogP contribution < -0.4 is 10.6 Å². The lowest BCUT2D eigenvalue weighted by atomic mass is 9.98. The molecule has 0 aromatic heterocycles. The largest absolute Gasteiger partial charge is 0.511 e. The Hall–Kier alpha value is -1.33. The zero-order chi connectivity index (χ0) is 19.9. The van der Waals surface area contributed by atoms with Crippen molar-refractivity contribution in [3.8, 4) is 0 Å². The zero-order valence-corrected chi connectivity index (χ0v) is 16.2. The molecule has 0 aliphatic carbocycles. The first-order valence-electron chi connectivity index (χ1n) is 9.00. The fourth-order valence-corrected chi connectivity index (χ4v) is 4.08. The highest BCUT2D eigenvalue weighted by Crippen LogP contribution is 2.30. The number of hydrogen-bond acceptors (Lipinski definition) is 4. The van der Waals surface area contributed by atoms with Crippen LogP contribution in [0.2, 0.25) is 0 Å². The first kappa shape index (κ1) is 22.0. The van der Waals surface area contributed by atoms with Gasteiger partial charge in [-0.15, -0.1) is 0 Å². The summed E-state index contributed by atoms with van der Waals surface area (Å²) in [6.07, 6.45) is 4.69. The quantitative estimate of drug-likeness (QED) is 0.392. The number of sulfonamides is 1. The third-order valence-corrected chi connectivity index (χ3v) is 6.41. The summed E-state index contributed by atoms with van der Waals surface area (Å²) in [7, 11) is -3.56. The van der Waals surface area contributed by atoms with Crippen molar-refractivity contribution in [1.29, 1.82) is 0 Å². The van der Waals surface area contributed by atoms with E-state index >= 15 is 0 Å². The minimum atomic E-state index is -5.23. The minimum absolute atomic E-state index is 0.0986. The van der Waals surface area contributed by atoms with Gasteiger partial charge in [0.2, 0.25) is 0 Å². The van der Waals surface area contributed by atoms with Gasteiger partial charge in [0.1, 0.15) is 0 Å². The van der Waals surface area contributed by atoms with Crippen LogP contribution in [0.3, 0.4) is 0 Å². The average molecular weight is 412 g/mol. The maximum Gasteiger partial charge on any atom is 0.511 e. The first-order valence-corrected chi connectivity index (χ1v) is 10.4. The number of ether oxygens (including phenoxy) is 1. The van der Waals surface area contributed by atoms with Gasteiger partial charge in [-0.3, -0.25) is 4.99 Å². The third-order valence-electron chi connectivity index (χ3n) is 4.78. The second-order valence-corrected chi connectivity index (χ2v) is 8.54. The van der Waals surface area contributed by atoms with Crippen molar-refractivity contribution in [1.82, 2.24) is 14.9 Å². The fraction of sp³-hybridized carbons (Fsp3) is 0.812. The molecule has 0 radical (unpaired) electrons. The van der Waals surface area contributed by atoms with Gasteiger partial charge in [-0.05, 0) is 31.6 Å². The molecule has 156 valence electrons. The van der Waals surface area contributed by atoms with Crippen LogP contribution in [0.25, 0.3) is 0 Å². The number of aliphatic imine (C=N–C) groups is 1. The van der Waals surface area contributed by atoms with Crippen molar-refractivity contribution in [3.63, 3.8) is 0 Å². The lowest BCUT2D eigenvalue weighted by Crippen LogP contribution is -2.47. The standard InChI is InChI=1S/C16H27F3N4O3S/c1-20-15(21-7-2-13-5-10-26-11-6-13)22-12-14-3-8-23(9-4-14)27(24,25)16(17,18)19/h5,14H,2-4,6-12H2,1H3,(H2,20,21,22). The van der Waals surface area contributed by atoms with E-state index in [9.17, 15) is 21.6 Å². The number of guanidine groups is 1. The summed E-state index contributed by atoms with van der Waals surface area (Å²) in [5, 5.41) is 6.38. The summed E-state index contributed by atoms with van der Waals surface area (Å²) >= 11 is 0. The highest BCUT2D eigenvalue weighted by Gasteiger charge is 2.50. The molecule has 2 N–H and O–H groups in total. The molecule has 0 aromatic rings. The number of alkyl halides is 3. The Labute approximate surface area is 158 Å². The number of piperidine rings is 1. The van der Waals surface area contributed by atoms with Gasteiger partial charge in [0.15, 0.2) is 5.96 Å². The van der Waals surface area contributed by atoms with E-state index in [2.05, 4.69) is 21.7 Å². The van der Waals surface area contributed by atoms with Crippen molar-refractivity contribution >= 4 is 16.0 Å². The molecular formula is C16H27F3N4O3S. The van der Waals surface area contributed by atoms with Gasteiger partial charge in [0, 0.05) is 33.2 Å². The summed E-state index contributed by atoms with van der Waals surface area (Å²) in [6.45, 7) is 2.45. The van der Waals surface area contributed by atoms with Crippen molar-refractivity contribution in [2.75, 3.05) is 46.4 Å². The average Bonchev–Trinajstić information content (AvgIpc) is 2.65. The lowest BCUT2D eigenvalue weighted by Gasteiger charge is -2.31. The molecule has 2 heterocycles. The van der Waals surface area contributed by atoms with Gasteiger partial charge in [-0.2, -0.15) is 17.5 Å². The Morgan fingerprint density at radius 1 is 1.33 bits per heavy atom. The summed E-state index contributed by atoms with van der Waals surface area (Å²) in [4.78, 5) is 4.14. The van der Waals surface area contributed by atoms with Gasteiger partial charge in [0.05, 0.1) is 13.2 Å². The number of nitrogens with zero attached hydrogens (tertiary/aromatic N) is 2. The molecule has 0 bridgehead atoms. The number of hydrogen-bond donors (Lipinski definition) is 2. The molecule has 2 aliphatic rings. The van der Waals surface area contributed by atoms with Crippen LogP contribution in [0.5, 0.6) is 0 Å². The molecule has 11 heteroatoms. The second-order valence-electron chi connectivity index (χ2n) is 6.61. The van der Waals surface area contributed by atoms with Crippen LogP contribution in [0.1, 0.15) is 25.7 Å². The van der Waals surface area contributed by atoms with Crippen LogP contribution >= 0.6 is 0 Å². The van der Waals surface area contributed by atoms with E-state index < -0.39 is 15.5 Å². The molecule has 1 saturated heterocycles. The van der Waals surface area contributed by atoms with Gasteiger partial charge < -0.3 is 15.4 Å². The number of halogens is 3. The molecule has 27 heavy (non-hydrogen) atoms. The maximum absolute atomic E-state index is 12.6. The van der Waals surface area contributed by atoms with E-state index in [1.54, 1.807) is 7.05 Å². The molecular weight excluding hydrogens is 385 g/mol. The van der Waals surface area contributed by atoms with Gasteiger partial charge in [-0.1, -0.05) is 11.6 Å². The van der Waals surface area contributed by atoms with Crippen LogP contribution in [-0.2, 0) is 14.8 Å². The van der Waals surface area contributed by atoms with Gasteiger partial charge >= 0.3 is 15.5 Å². The summed E-state index contributed by atoms with van der Waals surface area (Å²) in [5.41, 5.74) is -3.88. The Morgan fingerprint density at radius 3 is 2.59 bits per heavy atom. The number of rotatable bonds is 6. The molecule has 0 saturated carbocycles. The molecule has 7 nitrogen and oxygen atoms in total. The maximum atomic E-state index is 12.6. The molecule has 0 amide bonds. The van der Waals surface area contributed by atoms with E-state index in [0.29, 0.717) is 36.3 Å². The molecule has 0 spiro atoms. The van der Waals surface area contributed by atoms with E-state index in [-0.39, 0.29) is 19.0 Å².